The number of rotatable bonds is 4. The molecule has 3 heterocycles. The molecule has 0 radical (unpaired) electrons. The largest absolute Gasteiger partial charge is 0.450 e. The van der Waals surface area contributed by atoms with Crippen LogP contribution in [0.25, 0.3) is 0 Å². The molecule has 31 heavy (non-hydrogen) atoms. The predicted molar refractivity (Wildman–Crippen MR) is 108 cm³/mol. The molecule has 0 N–H and O–H groups in total. The summed E-state index contributed by atoms with van der Waals surface area (Å²) in [5.74, 6) is 0.291. The molecule has 2 unspecified atom stereocenters. The highest BCUT2D eigenvalue weighted by Gasteiger charge is 2.39. The first-order chi connectivity index (χ1) is 14.8. The molecule has 3 aliphatic heterocycles. The molecule has 0 aliphatic carbocycles. The van der Waals surface area contributed by atoms with Gasteiger partial charge in [-0.15, -0.1) is 0 Å². The fraction of sp³-hybridized carbons (Fsp3) is 0.905. The Bertz CT molecular complexity index is 611. The molecule has 178 valence electrons. The van der Waals surface area contributed by atoms with Crippen molar-refractivity contribution in [2.45, 2.75) is 70.1 Å². The van der Waals surface area contributed by atoms with Crippen molar-refractivity contribution in [2.75, 3.05) is 45.9 Å². The van der Waals surface area contributed by atoms with Crippen molar-refractivity contribution in [3.63, 3.8) is 0 Å². The van der Waals surface area contributed by atoms with Crippen LogP contribution in [0.4, 0.5) is 22.8 Å². The minimum atomic E-state index is -4.50. The van der Waals surface area contributed by atoms with E-state index in [1.165, 1.54) is 4.90 Å². The van der Waals surface area contributed by atoms with Crippen LogP contribution in [0.5, 0.6) is 0 Å². The van der Waals surface area contributed by atoms with E-state index in [9.17, 15) is 22.8 Å². The van der Waals surface area contributed by atoms with E-state index in [4.69, 9.17) is 4.74 Å². The Labute approximate surface area is 181 Å². The molecule has 2 amide bonds. The van der Waals surface area contributed by atoms with Crippen LogP contribution >= 0.6 is 0 Å². The average Bonchev–Trinajstić information content (AvgIpc) is 3.09. The minimum Gasteiger partial charge on any atom is -0.450 e. The van der Waals surface area contributed by atoms with Gasteiger partial charge in [-0.2, -0.15) is 13.2 Å². The SMILES string of the molecule is CCOC(=O)N1CCCC(N2CCC(C3CCCN3C(=O)OCC(F)(F)F)CC2)CC1. The lowest BCUT2D eigenvalue weighted by Gasteiger charge is -2.40. The molecule has 2 atom stereocenters. The van der Waals surface area contributed by atoms with Crippen molar-refractivity contribution in [1.82, 2.24) is 14.7 Å². The van der Waals surface area contributed by atoms with Crippen LogP contribution < -0.4 is 0 Å². The number of ether oxygens (including phenoxy) is 2. The second-order valence-electron chi connectivity index (χ2n) is 8.72. The maximum absolute atomic E-state index is 12.4. The van der Waals surface area contributed by atoms with Crippen molar-refractivity contribution in [3.05, 3.63) is 0 Å². The molecule has 3 fully saturated rings. The summed E-state index contributed by atoms with van der Waals surface area (Å²) in [6, 6.07) is 0.396. The lowest BCUT2D eigenvalue weighted by Crippen LogP contribution is -2.48. The van der Waals surface area contributed by atoms with Crippen LogP contribution in [-0.2, 0) is 9.47 Å². The number of piperidine rings is 1. The van der Waals surface area contributed by atoms with Crippen LogP contribution in [0.1, 0.15) is 51.9 Å². The summed E-state index contributed by atoms with van der Waals surface area (Å²) >= 11 is 0. The molecule has 3 aliphatic rings. The first-order valence-electron chi connectivity index (χ1n) is 11.4. The monoisotopic (exact) mass is 449 g/mol. The lowest BCUT2D eigenvalue weighted by atomic mass is 9.87. The van der Waals surface area contributed by atoms with Crippen LogP contribution in [0, 0.1) is 5.92 Å². The Morgan fingerprint density at radius 3 is 2.26 bits per heavy atom. The standard InChI is InChI=1S/C21H34F3N3O4/c1-2-30-19(28)26-10-3-5-17(9-14-26)25-12-7-16(8-13-25)18-6-4-11-27(18)20(29)31-15-21(22,23)24/h16-18H,2-15H2,1H3. The van der Waals surface area contributed by atoms with E-state index in [1.54, 1.807) is 4.90 Å². The third-order valence-corrected chi connectivity index (χ3v) is 6.75. The topological polar surface area (TPSA) is 62.3 Å². The molecule has 0 bridgehead atoms. The summed E-state index contributed by atoms with van der Waals surface area (Å²) in [5, 5.41) is 0. The third kappa shape index (κ3) is 6.63. The Morgan fingerprint density at radius 2 is 1.58 bits per heavy atom. The van der Waals surface area contributed by atoms with Crippen molar-refractivity contribution in [2.24, 2.45) is 5.92 Å². The van der Waals surface area contributed by atoms with E-state index >= 15 is 0 Å². The molecular formula is C21H34F3N3O4. The summed E-state index contributed by atoms with van der Waals surface area (Å²) in [7, 11) is 0. The zero-order valence-corrected chi connectivity index (χ0v) is 18.2. The smallest absolute Gasteiger partial charge is 0.422 e. The van der Waals surface area contributed by atoms with Gasteiger partial charge in [-0.3, -0.25) is 0 Å². The Hall–Kier alpha value is -1.71. The molecule has 3 rings (SSSR count). The molecule has 0 saturated carbocycles. The number of halogens is 3. The molecule has 10 heteroatoms. The van der Waals surface area contributed by atoms with Gasteiger partial charge in [0.05, 0.1) is 6.61 Å². The Balaban J connectivity index is 1.46. The molecule has 0 aromatic carbocycles. The Kier molecular flexibility index (Phi) is 8.30. The number of likely N-dealkylation sites (tertiary alicyclic amines) is 3. The molecule has 0 spiro atoms. The van der Waals surface area contributed by atoms with Gasteiger partial charge in [0.2, 0.25) is 0 Å². The van der Waals surface area contributed by atoms with Gasteiger partial charge in [-0.1, -0.05) is 0 Å². The summed E-state index contributed by atoms with van der Waals surface area (Å²) < 4.78 is 46.8. The molecule has 0 aromatic rings. The molecule has 7 nitrogen and oxygen atoms in total. The average molecular weight is 450 g/mol. The number of amides is 2. The first-order valence-corrected chi connectivity index (χ1v) is 11.4. The van der Waals surface area contributed by atoms with E-state index < -0.39 is 18.9 Å². The number of alkyl halides is 3. The number of carbonyl (C=O) groups excluding carboxylic acids is 2. The summed E-state index contributed by atoms with van der Waals surface area (Å²) in [6.45, 7) is 4.38. The fourth-order valence-corrected chi connectivity index (χ4v) is 5.25. The van der Waals surface area contributed by atoms with E-state index in [1.807, 2.05) is 6.92 Å². The Morgan fingerprint density at radius 1 is 0.871 bits per heavy atom. The number of hydrogen-bond acceptors (Lipinski definition) is 5. The van der Waals surface area contributed by atoms with E-state index in [0.717, 1.165) is 64.6 Å². The maximum atomic E-state index is 12.4. The van der Waals surface area contributed by atoms with Gasteiger partial charge in [0.15, 0.2) is 6.61 Å². The second kappa shape index (κ2) is 10.7. The molecular weight excluding hydrogens is 415 g/mol. The van der Waals surface area contributed by atoms with Gasteiger partial charge in [0.1, 0.15) is 0 Å². The highest BCUT2D eigenvalue weighted by molar-refractivity contribution is 5.68. The van der Waals surface area contributed by atoms with E-state index in [2.05, 4.69) is 9.64 Å². The third-order valence-electron chi connectivity index (χ3n) is 6.75. The summed E-state index contributed by atoms with van der Waals surface area (Å²) in [6.07, 6.45) is 0.802. The fourth-order valence-electron chi connectivity index (χ4n) is 5.25. The van der Waals surface area contributed by atoms with E-state index in [-0.39, 0.29) is 12.1 Å². The quantitative estimate of drug-likeness (QED) is 0.652. The molecule has 0 aromatic heterocycles. The highest BCUT2D eigenvalue weighted by atomic mass is 19.4. The second-order valence-corrected chi connectivity index (χ2v) is 8.72. The first kappa shape index (κ1) is 23.9. The zero-order valence-electron chi connectivity index (χ0n) is 18.2. The van der Waals surface area contributed by atoms with Crippen molar-refractivity contribution >= 4 is 12.2 Å². The van der Waals surface area contributed by atoms with Crippen LogP contribution in [-0.4, -0.2) is 91.1 Å². The van der Waals surface area contributed by atoms with Crippen LogP contribution in [0.2, 0.25) is 0 Å². The van der Waals surface area contributed by atoms with E-state index in [0.29, 0.717) is 31.7 Å². The van der Waals surface area contributed by atoms with Gasteiger partial charge in [0.25, 0.3) is 0 Å². The van der Waals surface area contributed by atoms with Gasteiger partial charge >= 0.3 is 18.4 Å². The number of carbonyl (C=O) groups is 2. The van der Waals surface area contributed by atoms with Gasteiger partial charge in [-0.05, 0) is 70.9 Å². The minimum absolute atomic E-state index is 0.0312. The van der Waals surface area contributed by atoms with Crippen molar-refractivity contribution in [1.29, 1.82) is 0 Å². The van der Waals surface area contributed by atoms with Crippen LogP contribution in [0.15, 0.2) is 0 Å². The number of hydrogen-bond donors (Lipinski definition) is 0. The predicted octanol–water partition coefficient (Wildman–Crippen LogP) is 3.87. The van der Waals surface area contributed by atoms with Gasteiger partial charge in [0, 0.05) is 31.7 Å². The molecule has 3 saturated heterocycles. The van der Waals surface area contributed by atoms with Crippen LogP contribution in [0.3, 0.4) is 0 Å². The summed E-state index contributed by atoms with van der Waals surface area (Å²) in [5.41, 5.74) is 0. The van der Waals surface area contributed by atoms with Crippen molar-refractivity contribution in [3.8, 4) is 0 Å². The van der Waals surface area contributed by atoms with Gasteiger partial charge in [-0.25, -0.2) is 9.59 Å². The zero-order chi connectivity index (χ0) is 22.4. The number of nitrogens with zero attached hydrogens (tertiary/aromatic N) is 3. The van der Waals surface area contributed by atoms with Crippen molar-refractivity contribution < 1.29 is 32.2 Å². The van der Waals surface area contributed by atoms with Gasteiger partial charge < -0.3 is 24.2 Å². The maximum Gasteiger partial charge on any atom is 0.422 e. The normalized spacial score (nSPS) is 26.6. The highest BCUT2D eigenvalue weighted by Crippen LogP contribution is 2.33. The summed E-state index contributed by atoms with van der Waals surface area (Å²) in [4.78, 5) is 30.0. The lowest BCUT2D eigenvalue weighted by molar-refractivity contribution is -0.162.